The molecule has 0 aromatic carbocycles. The van der Waals surface area contributed by atoms with Gasteiger partial charge in [-0.15, -0.1) is 12.4 Å². The minimum Gasteiger partial charge on any atom is -0.351 e. The van der Waals surface area contributed by atoms with E-state index in [4.69, 9.17) is 0 Å². The van der Waals surface area contributed by atoms with Crippen molar-refractivity contribution >= 4 is 18.3 Å². The summed E-state index contributed by atoms with van der Waals surface area (Å²) in [5.41, 5.74) is 0.0538. The van der Waals surface area contributed by atoms with Gasteiger partial charge < -0.3 is 10.6 Å². The normalized spacial score (nSPS) is 45.2. The third-order valence-electron chi connectivity index (χ3n) is 6.17. The molecule has 19 heavy (non-hydrogen) atoms. The molecule has 0 aromatic heterocycles. The van der Waals surface area contributed by atoms with E-state index in [1.54, 1.807) is 0 Å². The zero-order valence-electron chi connectivity index (χ0n) is 11.7. The molecule has 4 aliphatic rings. The summed E-state index contributed by atoms with van der Waals surface area (Å²) in [4.78, 5) is 12.5. The number of hydrogen-bond donors (Lipinski definition) is 2. The van der Waals surface area contributed by atoms with Gasteiger partial charge >= 0.3 is 0 Å². The Morgan fingerprint density at radius 2 is 1.74 bits per heavy atom. The Balaban J connectivity index is 0.00000110. The van der Waals surface area contributed by atoms with Gasteiger partial charge in [0.05, 0.1) is 0 Å². The monoisotopic (exact) mass is 284 g/mol. The molecule has 4 atom stereocenters. The van der Waals surface area contributed by atoms with Crippen molar-refractivity contribution in [1.82, 2.24) is 10.6 Å². The lowest BCUT2D eigenvalue weighted by molar-refractivity contribution is -0.125. The summed E-state index contributed by atoms with van der Waals surface area (Å²) in [7, 11) is 0. The van der Waals surface area contributed by atoms with Gasteiger partial charge in [-0.25, -0.2) is 0 Å². The number of halogens is 1. The summed E-state index contributed by atoms with van der Waals surface area (Å²) in [6.07, 6.45) is 6.38. The molecule has 3 nitrogen and oxygen atoms in total. The average Bonchev–Trinajstić information content (AvgIpc) is 2.80. The summed E-state index contributed by atoms with van der Waals surface area (Å²) in [6, 6.07) is 0. The van der Waals surface area contributed by atoms with E-state index in [0.29, 0.717) is 11.8 Å². The number of carbonyl (C=O) groups excluding carboxylic acids is 1. The fourth-order valence-corrected chi connectivity index (χ4v) is 5.16. The molecule has 0 aromatic rings. The van der Waals surface area contributed by atoms with Gasteiger partial charge in [-0.1, -0.05) is 0 Å². The Kier molecular flexibility index (Phi) is 3.33. The topological polar surface area (TPSA) is 41.1 Å². The molecule has 4 heteroatoms. The van der Waals surface area contributed by atoms with Gasteiger partial charge in [0.15, 0.2) is 0 Å². The fourth-order valence-electron chi connectivity index (χ4n) is 5.16. The molecule has 2 N–H and O–H groups in total. The maximum absolute atomic E-state index is 12.5. The van der Waals surface area contributed by atoms with Gasteiger partial charge in [-0.3, -0.25) is 4.79 Å². The lowest BCUT2D eigenvalue weighted by Crippen LogP contribution is -2.53. The molecule has 1 amide bonds. The first kappa shape index (κ1) is 13.7. The van der Waals surface area contributed by atoms with Crippen molar-refractivity contribution < 1.29 is 4.79 Å². The Morgan fingerprint density at radius 1 is 1.16 bits per heavy atom. The molecule has 1 heterocycles. The summed E-state index contributed by atoms with van der Waals surface area (Å²) in [5.74, 6) is 4.12. The molecule has 4 rings (SSSR count). The molecule has 0 radical (unpaired) electrons. The Labute approximate surface area is 121 Å². The molecule has 4 unspecified atom stereocenters. The highest BCUT2D eigenvalue weighted by Gasteiger charge is 2.67. The minimum absolute atomic E-state index is 0. The highest BCUT2D eigenvalue weighted by atomic mass is 35.5. The zero-order valence-corrected chi connectivity index (χ0v) is 12.5. The molecule has 1 aliphatic heterocycles. The predicted octanol–water partition coefficient (Wildman–Crippen LogP) is 1.96. The smallest absolute Gasteiger partial charge is 0.224 e. The number of hydrogen-bond acceptors (Lipinski definition) is 2. The summed E-state index contributed by atoms with van der Waals surface area (Å²) in [6.45, 7) is 4.30. The van der Waals surface area contributed by atoms with Crippen molar-refractivity contribution in [3.05, 3.63) is 0 Å². The van der Waals surface area contributed by atoms with E-state index >= 15 is 0 Å². The van der Waals surface area contributed by atoms with Crippen LogP contribution in [0.25, 0.3) is 0 Å². The van der Waals surface area contributed by atoms with E-state index in [1.807, 2.05) is 0 Å². The average molecular weight is 285 g/mol. The SMILES string of the molecule is CC1(NC(=O)C2C3C4CCC(C4)C23)CCNCC1.Cl. The second-order valence-corrected chi connectivity index (χ2v) is 7.31. The number of nitrogens with one attached hydrogen (secondary N) is 2. The van der Waals surface area contributed by atoms with Crippen LogP contribution in [0.4, 0.5) is 0 Å². The first-order chi connectivity index (χ1) is 8.68. The molecule has 1 saturated heterocycles. The number of carbonyl (C=O) groups is 1. The predicted molar refractivity (Wildman–Crippen MR) is 77.2 cm³/mol. The second kappa shape index (κ2) is 4.63. The van der Waals surface area contributed by atoms with Crippen LogP contribution in [0.3, 0.4) is 0 Å². The van der Waals surface area contributed by atoms with Gasteiger partial charge in [0.2, 0.25) is 5.91 Å². The first-order valence-electron chi connectivity index (χ1n) is 7.71. The van der Waals surface area contributed by atoms with Crippen molar-refractivity contribution in [2.45, 2.75) is 44.6 Å². The summed E-state index contributed by atoms with van der Waals surface area (Å²) in [5, 5.41) is 6.75. The molecule has 0 spiro atoms. The molecular weight excluding hydrogens is 260 g/mol. The van der Waals surface area contributed by atoms with Crippen LogP contribution in [-0.2, 0) is 4.79 Å². The fraction of sp³-hybridized carbons (Fsp3) is 0.933. The Morgan fingerprint density at radius 3 is 2.32 bits per heavy atom. The van der Waals surface area contributed by atoms with Crippen LogP contribution in [0.2, 0.25) is 0 Å². The first-order valence-corrected chi connectivity index (χ1v) is 7.71. The van der Waals surface area contributed by atoms with E-state index in [1.165, 1.54) is 19.3 Å². The van der Waals surface area contributed by atoms with Crippen molar-refractivity contribution in [2.24, 2.45) is 29.6 Å². The van der Waals surface area contributed by atoms with E-state index < -0.39 is 0 Å². The Hall–Kier alpha value is -0.280. The van der Waals surface area contributed by atoms with Crippen LogP contribution in [0, 0.1) is 29.6 Å². The third-order valence-corrected chi connectivity index (χ3v) is 6.17. The van der Waals surface area contributed by atoms with Crippen LogP contribution in [0.15, 0.2) is 0 Å². The maximum atomic E-state index is 12.5. The van der Waals surface area contributed by atoms with Gasteiger partial charge in [-0.2, -0.15) is 0 Å². The molecule has 3 saturated carbocycles. The highest BCUT2D eigenvalue weighted by Crippen LogP contribution is 2.69. The largest absolute Gasteiger partial charge is 0.351 e. The number of piperidine rings is 1. The minimum atomic E-state index is 0. The van der Waals surface area contributed by atoms with E-state index in [2.05, 4.69) is 17.6 Å². The third kappa shape index (κ3) is 2.09. The van der Waals surface area contributed by atoms with Gasteiger partial charge in [0, 0.05) is 11.5 Å². The molecule has 108 valence electrons. The highest BCUT2D eigenvalue weighted by molar-refractivity contribution is 5.85. The zero-order chi connectivity index (χ0) is 12.3. The van der Waals surface area contributed by atoms with Crippen molar-refractivity contribution in [1.29, 1.82) is 0 Å². The van der Waals surface area contributed by atoms with Gasteiger partial charge in [0.25, 0.3) is 0 Å². The molecule has 3 aliphatic carbocycles. The summed E-state index contributed by atoms with van der Waals surface area (Å²) < 4.78 is 0. The number of amides is 1. The van der Waals surface area contributed by atoms with Gasteiger partial charge in [-0.05, 0) is 75.8 Å². The van der Waals surface area contributed by atoms with Crippen LogP contribution in [-0.4, -0.2) is 24.5 Å². The summed E-state index contributed by atoms with van der Waals surface area (Å²) >= 11 is 0. The van der Waals surface area contributed by atoms with Crippen LogP contribution in [0.5, 0.6) is 0 Å². The lowest BCUT2D eigenvalue weighted by atomic mass is 9.90. The standard InChI is InChI=1S/C15H24N2O.ClH/c1-15(4-6-16-7-5-15)17-14(18)13-11-9-2-3-10(8-9)12(11)13;/h9-13,16H,2-8H2,1H3,(H,17,18);1H. The van der Waals surface area contributed by atoms with Crippen molar-refractivity contribution in [3.8, 4) is 0 Å². The van der Waals surface area contributed by atoms with Crippen LogP contribution in [0.1, 0.15) is 39.0 Å². The van der Waals surface area contributed by atoms with Crippen molar-refractivity contribution in [3.63, 3.8) is 0 Å². The number of fused-ring (bicyclic) bond motifs is 5. The number of rotatable bonds is 2. The second-order valence-electron chi connectivity index (χ2n) is 7.31. The van der Waals surface area contributed by atoms with Gasteiger partial charge in [0.1, 0.15) is 0 Å². The van der Waals surface area contributed by atoms with E-state index in [0.717, 1.165) is 49.6 Å². The van der Waals surface area contributed by atoms with Crippen LogP contribution < -0.4 is 10.6 Å². The van der Waals surface area contributed by atoms with Crippen LogP contribution >= 0.6 is 12.4 Å². The molecule has 2 bridgehead atoms. The quantitative estimate of drug-likeness (QED) is 0.814. The maximum Gasteiger partial charge on any atom is 0.224 e. The van der Waals surface area contributed by atoms with Crippen molar-refractivity contribution in [2.75, 3.05) is 13.1 Å². The van der Waals surface area contributed by atoms with E-state index in [9.17, 15) is 4.79 Å². The lowest BCUT2D eigenvalue weighted by Gasteiger charge is -2.35. The van der Waals surface area contributed by atoms with E-state index in [-0.39, 0.29) is 17.9 Å². The molecule has 4 fully saturated rings. The molecular formula is C15H25ClN2O. The Bertz CT molecular complexity index is 364.